The molecule has 6 heteroatoms. The Morgan fingerprint density at radius 2 is 1.94 bits per heavy atom. The van der Waals surface area contributed by atoms with E-state index in [1.54, 1.807) is 12.1 Å². The van der Waals surface area contributed by atoms with Gasteiger partial charge >= 0.3 is 0 Å². The van der Waals surface area contributed by atoms with Gasteiger partial charge in [-0.25, -0.2) is 9.97 Å². The van der Waals surface area contributed by atoms with E-state index < -0.39 is 0 Å². The Labute approximate surface area is 104 Å². The first-order valence-electron chi connectivity index (χ1n) is 4.88. The number of nitrogens with zero attached hydrogens (tertiary/aromatic N) is 2. The van der Waals surface area contributed by atoms with E-state index in [1.807, 2.05) is 12.1 Å². The second kappa shape index (κ2) is 4.88. The smallest absolute Gasteiger partial charge is 0.204 e. The molecule has 0 spiro atoms. The zero-order chi connectivity index (χ0) is 12.3. The van der Waals surface area contributed by atoms with E-state index in [4.69, 9.17) is 22.1 Å². The number of anilines is 3. The fourth-order valence-corrected chi connectivity index (χ4v) is 1.47. The van der Waals surface area contributed by atoms with Crippen LogP contribution in [0, 0.1) is 0 Å². The molecule has 88 valence electrons. The van der Waals surface area contributed by atoms with E-state index in [1.165, 1.54) is 13.4 Å². The average molecular weight is 251 g/mol. The molecule has 0 saturated carbocycles. The van der Waals surface area contributed by atoms with Gasteiger partial charge in [0.05, 0.1) is 7.11 Å². The molecule has 3 N–H and O–H groups in total. The van der Waals surface area contributed by atoms with Gasteiger partial charge < -0.3 is 15.8 Å². The number of nitrogens with two attached hydrogens (primary N) is 1. The minimum absolute atomic E-state index is 0.291. The molecule has 0 aliphatic heterocycles. The van der Waals surface area contributed by atoms with Crippen molar-refractivity contribution < 1.29 is 4.74 Å². The van der Waals surface area contributed by atoms with Crippen molar-refractivity contribution >= 4 is 28.9 Å². The number of aromatic nitrogens is 2. The van der Waals surface area contributed by atoms with Gasteiger partial charge in [-0.2, -0.15) is 0 Å². The van der Waals surface area contributed by atoms with Crippen molar-refractivity contribution in [3.8, 4) is 5.75 Å². The summed E-state index contributed by atoms with van der Waals surface area (Å²) in [5.74, 6) is 1.23. The summed E-state index contributed by atoms with van der Waals surface area (Å²) in [6.07, 6.45) is 1.37. The van der Waals surface area contributed by atoms with Crippen molar-refractivity contribution in [3.05, 3.63) is 35.6 Å². The maximum Gasteiger partial charge on any atom is 0.204 e. The van der Waals surface area contributed by atoms with E-state index >= 15 is 0 Å². The molecule has 0 radical (unpaired) electrons. The average Bonchev–Trinajstić information content (AvgIpc) is 2.32. The highest BCUT2D eigenvalue weighted by Crippen LogP contribution is 2.29. The molecule has 0 fully saturated rings. The van der Waals surface area contributed by atoms with Gasteiger partial charge in [0, 0.05) is 10.7 Å². The third-order valence-electron chi connectivity index (χ3n) is 2.14. The molecule has 17 heavy (non-hydrogen) atoms. The zero-order valence-corrected chi connectivity index (χ0v) is 9.90. The van der Waals surface area contributed by atoms with Gasteiger partial charge in [-0.3, -0.25) is 0 Å². The van der Waals surface area contributed by atoms with Crippen LogP contribution in [-0.4, -0.2) is 17.1 Å². The van der Waals surface area contributed by atoms with Crippen LogP contribution in [0.5, 0.6) is 5.75 Å². The van der Waals surface area contributed by atoms with Gasteiger partial charge in [0.2, 0.25) is 5.75 Å². The van der Waals surface area contributed by atoms with Crippen molar-refractivity contribution in [2.45, 2.75) is 0 Å². The number of rotatable bonds is 3. The minimum Gasteiger partial charge on any atom is -0.490 e. The Bertz CT molecular complexity index is 515. The number of ether oxygens (including phenoxy) is 1. The van der Waals surface area contributed by atoms with Crippen LogP contribution in [0.15, 0.2) is 30.6 Å². The number of benzene rings is 1. The summed E-state index contributed by atoms with van der Waals surface area (Å²) in [6.45, 7) is 0. The maximum absolute atomic E-state index is 5.80. The zero-order valence-electron chi connectivity index (χ0n) is 9.14. The minimum atomic E-state index is 0.291. The lowest BCUT2D eigenvalue weighted by Gasteiger charge is -2.10. The summed E-state index contributed by atoms with van der Waals surface area (Å²) in [5, 5.41) is 3.75. The van der Waals surface area contributed by atoms with Gasteiger partial charge in [-0.15, -0.1) is 0 Å². The molecular weight excluding hydrogens is 240 g/mol. The van der Waals surface area contributed by atoms with Crippen LogP contribution >= 0.6 is 11.6 Å². The summed E-state index contributed by atoms with van der Waals surface area (Å²) in [5.41, 5.74) is 6.51. The Balaban J connectivity index is 2.29. The van der Waals surface area contributed by atoms with Crippen molar-refractivity contribution in [2.24, 2.45) is 0 Å². The molecule has 0 amide bonds. The van der Waals surface area contributed by atoms with Gasteiger partial charge in [0.25, 0.3) is 0 Å². The largest absolute Gasteiger partial charge is 0.490 e. The van der Waals surface area contributed by atoms with Gasteiger partial charge in [-0.1, -0.05) is 11.6 Å². The third kappa shape index (κ3) is 2.57. The van der Waals surface area contributed by atoms with Crippen LogP contribution in [0.25, 0.3) is 0 Å². The SMILES string of the molecule is COc1c(N)ncnc1Nc1ccc(Cl)cc1. The van der Waals surface area contributed by atoms with E-state index in [2.05, 4.69) is 15.3 Å². The maximum atomic E-state index is 5.80. The predicted octanol–water partition coefficient (Wildman–Crippen LogP) is 2.46. The van der Waals surface area contributed by atoms with Gasteiger partial charge in [0.15, 0.2) is 11.6 Å². The van der Waals surface area contributed by atoms with E-state index in [0.29, 0.717) is 22.4 Å². The summed E-state index contributed by atoms with van der Waals surface area (Å²) in [7, 11) is 1.52. The molecule has 1 aromatic carbocycles. The van der Waals surface area contributed by atoms with Crippen molar-refractivity contribution in [1.29, 1.82) is 0 Å². The van der Waals surface area contributed by atoms with Crippen molar-refractivity contribution in [2.75, 3.05) is 18.2 Å². The normalized spacial score (nSPS) is 10.0. The Kier molecular flexibility index (Phi) is 3.30. The summed E-state index contributed by atoms with van der Waals surface area (Å²) in [6, 6.07) is 7.22. The third-order valence-corrected chi connectivity index (χ3v) is 2.39. The van der Waals surface area contributed by atoms with Crippen LogP contribution in [0.3, 0.4) is 0 Å². The first-order valence-corrected chi connectivity index (χ1v) is 5.25. The molecule has 0 atom stereocenters. The van der Waals surface area contributed by atoms with Crippen LogP contribution in [0.4, 0.5) is 17.3 Å². The molecule has 5 nitrogen and oxygen atoms in total. The second-order valence-corrected chi connectivity index (χ2v) is 3.71. The fraction of sp³-hybridized carbons (Fsp3) is 0.0909. The molecule has 0 aliphatic carbocycles. The Hall–Kier alpha value is -2.01. The lowest BCUT2D eigenvalue weighted by Crippen LogP contribution is -2.02. The highest BCUT2D eigenvalue weighted by molar-refractivity contribution is 6.30. The number of hydrogen-bond donors (Lipinski definition) is 2. The Morgan fingerprint density at radius 1 is 1.24 bits per heavy atom. The van der Waals surface area contributed by atoms with Crippen molar-refractivity contribution in [3.63, 3.8) is 0 Å². The fourth-order valence-electron chi connectivity index (χ4n) is 1.35. The summed E-state index contributed by atoms with van der Waals surface area (Å²) in [4.78, 5) is 7.91. The lowest BCUT2D eigenvalue weighted by molar-refractivity contribution is 0.415. The molecule has 1 aromatic heterocycles. The number of nitrogen functional groups attached to an aromatic ring is 1. The summed E-state index contributed by atoms with van der Waals surface area (Å²) >= 11 is 5.80. The van der Waals surface area contributed by atoms with Gasteiger partial charge in [0.1, 0.15) is 6.33 Å². The number of hydrogen-bond acceptors (Lipinski definition) is 5. The molecule has 1 heterocycles. The van der Waals surface area contributed by atoms with E-state index in [0.717, 1.165) is 5.69 Å². The van der Waals surface area contributed by atoms with Crippen LogP contribution in [0.2, 0.25) is 5.02 Å². The topological polar surface area (TPSA) is 73.1 Å². The predicted molar refractivity (Wildman–Crippen MR) is 67.7 cm³/mol. The van der Waals surface area contributed by atoms with Crippen LogP contribution in [-0.2, 0) is 0 Å². The Morgan fingerprint density at radius 3 is 2.59 bits per heavy atom. The second-order valence-electron chi connectivity index (χ2n) is 3.27. The molecule has 0 bridgehead atoms. The van der Waals surface area contributed by atoms with Crippen molar-refractivity contribution in [1.82, 2.24) is 9.97 Å². The molecule has 2 aromatic rings. The first kappa shape index (κ1) is 11.5. The number of methoxy groups -OCH3 is 1. The van der Waals surface area contributed by atoms with Gasteiger partial charge in [-0.05, 0) is 24.3 Å². The highest BCUT2D eigenvalue weighted by atomic mass is 35.5. The molecule has 0 aliphatic rings. The van der Waals surface area contributed by atoms with E-state index in [9.17, 15) is 0 Å². The number of nitrogens with one attached hydrogen (secondary N) is 1. The number of halogens is 1. The van der Waals surface area contributed by atoms with E-state index in [-0.39, 0.29) is 0 Å². The van der Waals surface area contributed by atoms with Crippen LogP contribution in [0.1, 0.15) is 0 Å². The standard InChI is InChI=1S/C11H11ClN4O/c1-17-9-10(13)14-6-15-11(9)16-8-4-2-7(12)3-5-8/h2-6H,1H3,(H3,13,14,15,16). The molecular formula is C11H11ClN4O. The molecule has 2 rings (SSSR count). The first-order chi connectivity index (χ1) is 8.20. The monoisotopic (exact) mass is 250 g/mol. The highest BCUT2D eigenvalue weighted by Gasteiger charge is 2.09. The molecule has 0 saturated heterocycles. The molecule has 0 unspecified atom stereocenters. The van der Waals surface area contributed by atoms with Crippen LogP contribution < -0.4 is 15.8 Å². The summed E-state index contributed by atoms with van der Waals surface area (Å²) < 4.78 is 5.13. The quantitative estimate of drug-likeness (QED) is 0.875. The lowest BCUT2D eigenvalue weighted by atomic mass is 10.3.